The first kappa shape index (κ1) is 12.9. The topological polar surface area (TPSA) is 74.7 Å². The van der Waals surface area contributed by atoms with Crippen molar-refractivity contribution in [3.8, 4) is 5.75 Å². The van der Waals surface area contributed by atoms with Gasteiger partial charge in [0.1, 0.15) is 5.75 Å². The predicted octanol–water partition coefficient (Wildman–Crippen LogP) is 0.651. The van der Waals surface area contributed by atoms with Crippen LogP contribution < -0.4 is 0 Å². The highest BCUT2D eigenvalue weighted by molar-refractivity contribution is 7.91. The van der Waals surface area contributed by atoms with Crippen molar-refractivity contribution in [3.63, 3.8) is 0 Å². The van der Waals surface area contributed by atoms with Crippen LogP contribution >= 0.6 is 0 Å². The van der Waals surface area contributed by atoms with Gasteiger partial charge in [0.25, 0.3) is 5.91 Å². The molecule has 5 nitrogen and oxygen atoms in total. The highest BCUT2D eigenvalue weighted by Crippen LogP contribution is 2.21. The molecular formula is C12H15NO4S. The molecule has 0 bridgehead atoms. The highest BCUT2D eigenvalue weighted by Gasteiger charge is 2.32. The number of phenolic OH excluding ortho intramolecular Hbond substituents is 1. The van der Waals surface area contributed by atoms with E-state index in [0.717, 1.165) is 0 Å². The molecule has 2 rings (SSSR count). The van der Waals surface area contributed by atoms with Crippen LogP contribution in [0.1, 0.15) is 17.3 Å². The van der Waals surface area contributed by atoms with E-state index in [1.807, 2.05) is 0 Å². The number of carbonyl (C=O) groups excluding carboxylic acids is 1. The molecule has 1 fully saturated rings. The summed E-state index contributed by atoms with van der Waals surface area (Å²) in [4.78, 5) is 13.7. The van der Waals surface area contributed by atoms with E-state index in [9.17, 15) is 18.3 Å². The van der Waals surface area contributed by atoms with Crippen molar-refractivity contribution < 1.29 is 18.3 Å². The fraction of sp³-hybridized carbons (Fsp3) is 0.417. The van der Waals surface area contributed by atoms with Gasteiger partial charge in [0.15, 0.2) is 9.84 Å². The maximum Gasteiger partial charge on any atom is 0.257 e. The van der Waals surface area contributed by atoms with E-state index in [1.54, 1.807) is 19.1 Å². The Kier molecular flexibility index (Phi) is 3.30. The van der Waals surface area contributed by atoms with E-state index >= 15 is 0 Å². The zero-order valence-electron chi connectivity index (χ0n) is 10.0. The van der Waals surface area contributed by atoms with Gasteiger partial charge in [-0.15, -0.1) is 0 Å². The van der Waals surface area contributed by atoms with Crippen molar-refractivity contribution >= 4 is 15.7 Å². The Hall–Kier alpha value is -1.56. The number of nitrogens with zero attached hydrogens (tertiary/aromatic N) is 1. The Balaban J connectivity index is 2.23. The summed E-state index contributed by atoms with van der Waals surface area (Å²) >= 11 is 0. The van der Waals surface area contributed by atoms with Gasteiger partial charge in [-0.05, 0) is 19.1 Å². The molecule has 1 aromatic rings. The van der Waals surface area contributed by atoms with E-state index in [-0.39, 0.29) is 41.3 Å². The van der Waals surface area contributed by atoms with Crippen molar-refractivity contribution in [2.24, 2.45) is 0 Å². The van der Waals surface area contributed by atoms with Crippen LogP contribution in [0.4, 0.5) is 0 Å². The molecule has 0 spiro atoms. The van der Waals surface area contributed by atoms with Crippen molar-refractivity contribution in [2.75, 3.05) is 18.1 Å². The summed E-state index contributed by atoms with van der Waals surface area (Å²) in [6.45, 7) is 1.88. The van der Waals surface area contributed by atoms with E-state index in [4.69, 9.17) is 0 Å². The van der Waals surface area contributed by atoms with Gasteiger partial charge in [0.05, 0.1) is 17.1 Å². The van der Waals surface area contributed by atoms with Gasteiger partial charge in [0.2, 0.25) is 0 Å². The summed E-state index contributed by atoms with van der Waals surface area (Å²) in [6.07, 6.45) is 0. The first-order valence-electron chi connectivity index (χ1n) is 5.70. The van der Waals surface area contributed by atoms with Crippen LogP contribution in [0.15, 0.2) is 24.3 Å². The lowest BCUT2D eigenvalue weighted by atomic mass is 10.1. The van der Waals surface area contributed by atoms with E-state index in [0.29, 0.717) is 0 Å². The maximum absolute atomic E-state index is 12.2. The third-order valence-corrected chi connectivity index (χ3v) is 4.86. The van der Waals surface area contributed by atoms with Gasteiger partial charge in [-0.25, -0.2) is 8.42 Å². The standard InChI is InChI=1S/C12H15NO4S/c1-9-8-18(16,17)7-6-13(9)12(15)10-4-2-3-5-11(10)14/h2-5,9,14H,6-8H2,1H3. The van der Waals surface area contributed by atoms with Gasteiger partial charge >= 0.3 is 0 Å². The van der Waals surface area contributed by atoms with Crippen LogP contribution in [-0.2, 0) is 9.84 Å². The van der Waals surface area contributed by atoms with Crippen LogP contribution in [0, 0.1) is 0 Å². The zero-order valence-corrected chi connectivity index (χ0v) is 10.9. The zero-order chi connectivity index (χ0) is 13.3. The Bertz CT molecular complexity index is 567. The van der Waals surface area contributed by atoms with E-state index < -0.39 is 9.84 Å². The van der Waals surface area contributed by atoms with Crippen molar-refractivity contribution in [2.45, 2.75) is 13.0 Å². The molecule has 1 aliphatic heterocycles. The predicted molar refractivity (Wildman–Crippen MR) is 67.3 cm³/mol. The van der Waals surface area contributed by atoms with Crippen LogP contribution in [-0.4, -0.2) is 48.4 Å². The molecule has 0 saturated carbocycles. The molecule has 1 aromatic carbocycles. The number of amides is 1. The Morgan fingerprint density at radius 1 is 1.39 bits per heavy atom. The smallest absolute Gasteiger partial charge is 0.257 e. The van der Waals surface area contributed by atoms with Gasteiger partial charge < -0.3 is 10.0 Å². The number of carbonyl (C=O) groups is 1. The molecule has 1 N–H and O–H groups in total. The lowest BCUT2D eigenvalue weighted by Crippen LogP contribution is -2.49. The molecule has 1 heterocycles. The quantitative estimate of drug-likeness (QED) is 0.812. The largest absolute Gasteiger partial charge is 0.507 e. The second kappa shape index (κ2) is 4.61. The molecular weight excluding hydrogens is 254 g/mol. The van der Waals surface area contributed by atoms with Crippen molar-refractivity contribution in [3.05, 3.63) is 29.8 Å². The summed E-state index contributed by atoms with van der Waals surface area (Å²) in [5.74, 6) is -0.443. The number of hydrogen-bond acceptors (Lipinski definition) is 4. The second-order valence-corrected chi connectivity index (χ2v) is 6.71. The minimum atomic E-state index is -3.05. The molecule has 6 heteroatoms. The Labute approximate surface area is 106 Å². The minimum absolute atomic E-state index is 0.0172. The second-order valence-electron chi connectivity index (χ2n) is 4.48. The highest BCUT2D eigenvalue weighted by atomic mass is 32.2. The minimum Gasteiger partial charge on any atom is -0.507 e. The third-order valence-electron chi connectivity index (χ3n) is 3.07. The number of para-hydroxylation sites is 1. The van der Waals surface area contributed by atoms with Crippen LogP contribution in [0.3, 0.4) is 0 Å². The van der Waals surface area contributed by atoms with E-state index in [1.165, 1.54) is 17.0 Å². The monoisotopic (exact) mass is 269 g/mol. The van der Waals surface area contributed by atoms with Crippen molar-refractivity contribution in [1.29, 1.82) is 0 Å². The summed E-state index contributed by atoms with van der Waals surface area (Å²) in [5, 5.41) is 9.63. The lowest BCUT2D eigenvalue weighted by Gasteiger charge is -2.33. The first-order valence-corrected chi connectivity index (χ1v) is 7.52. The van der Waals surface area contributed by atoms with Crippen LogP contribution in [0.2, 0.25) is 0 Å². The summed E-state index contributed by atoms with van der Waals surface area (Å²) in [6, 6.07) is 5.91. The number of phenols is 1. The van der Waals surface area contributed by atoms with Gasteiger partial charge in [-0.3, -0.25) is 4.79 Å². The molecule has 1 atom stereocenters. The molecule has 0 radical (unpaired) electrons. The van der Waals surface area contributed by atoms with Crippen LogP contribution in [0.5, 0.6) is 5.75 Å². The summed E-state index contributed by atoms with van der Waals surface area (Å²) < 4.78 is 22.9. The number of hydrogen-bond donors (Lipinski definition) is 1. The fourth-order valence-electron chi connectivity index (χ4n) is 2.11. The van der Waals surface area contributed by atoms with Crippen molar-refractivity contribution in [1.82, 2.24) is 4.90 Å². The fourth-order valence-corrected chi connectivity index (χ4v) is 3.67. The lowest BCUT2D eigenvalue weighted by molar-refractivity contribution is 0.0709. The average molecular weight is 269 g/mol. The molecule has 0 aliphatic carbocycles. The number of sulfone groups is 1. The summed E-state index contributed by atoms with van der Waals surface area (Å²) in [5.41, 5.74) is 0.212. The summed E-state index contributed by atoms with van der Waals surface area (Å²) in [7, 11) is -3.05. The Morgan fingerprint density at radius 2 is 2.06 bits per heavy atom. The molecule has 1 saturated heterocycles. The molecule has 18 heavy (non-hydrogen) atoms. The third kappa shape index (κ3) is 2.48. The van der Waals surface area contributed by atoms with E-state index in [2.05, 4.69) is 0 Å². The Morgan fingerprint density at radius 3 is 2.67 bits per heavy atom. The average Bonchev–Trinajstić information content (AvgIpc) is 2.27. The first-order chi connectivity index (χ1) is 8.41. The number of aromatic hydroxyl groups is 1. The van der Waals surface area contributed by atoms with Gasteiger partial charge in [-0.1, -0.05) is 12.1 Å². The maximum atomic E-state index is 12.2. The van der Waals surface area contributed by atoms with Gasteiger partial charge in [0, 0.05) is 12.6 Å². The molecule has 1 amide bonds. The molecule has 98 valence electrons. The van der Waals surface area contributed by atoms with Gasteiger partial charge in [-0.2, -0.15) is 0 Å². The molecule has 1 unspecified atom stereocenters. The number of rotatable bonds is 1. The normalized spacial score (nSPS) is 22.7. The SMILES string of the molecule is CC1CS(=O)(=O)CCN1C(=O)c1ccccc1O. The van der Waals surface area contributed by atoms with Crippen LogP contribution in [0.25, 0.3) is 0 Å². The number of benzene rings is 1. The molecule has 1 aliphatic rings. The molecule has 0 aromatic heterocycles.